The zero-order valence-corrected chi connectivity index (χ0v) is 12.6. The average molecular weight is 310 g/mol. The molecule has 4 nitrogen and oxygen atoms in total. The lowest BCUT2D eigenvalue weighted by atomic mass is 10.2. The first-order valence-electron chi connectivity index (χ1n) is 6.65. The first kappa shape index (κ1) is 13.8. The molecule has 0 bridgehead atoms. The van der Waals surface area contributed by atoms with Crippen LogP contribution in [0.25, 0.3) is 0 Å². The van der Waals surface area contributed by atoms with Gasteiger partial charge in [-0.25, -0.2) is 0 Å². The number of alkyl halides is 1. The maximum Gasteiger partial charge on any atom is 0.294 e. The number of hydrogen-bond acceptors (Lipinski definition) is 5. The van der Waals surface area contributed by atoms with Gasteiger partial charge in [-0.15, -0.1) is 21.8 Å². The number of rotatable bonds is 5. The van der Waals surface area contributed by atoms with E-state index in [0.29, 0.717) is 11.1 Å². The SMILES string of the molecule is ClCc1nnc(OC2CCN(Cc3ccccc3)C2)s1. The Morgan fingerprint density at radius 1 is 1.30 bits per heavy atom. The van der Waals surface area contributed by atoms with Crippen LogP contribution in [-0.4, -0.2) is 34.3 Å². The summed E-state index contributed by atoms with van der Waals surface area (Å²) in [6.45, 7) is 2.97. The largest absolute Gasteiger partial charge is 0.464 e. The van der Waals surface area contributed by atoms with Gasteiger partial charge in [0.1, 0.15) is 11.1 Å². The highest BCUT2D eigenvalue weighted by Crippen LogP contribution is 2.23. The van der Waals surface area contributed by atoms with E-state index in [0.717, 1.165) is 31.1 Å². The van der Waals surface area contributed by atoms with Crippen molar-refractivity contribution >= 4 is 22.9 Å². The molecule has 1 fully saturated rings. The zero-order valence-electron chi connectivity index (χ0n) is 11.0. The molecule has 1 aliphatic rings. The fourth-order valence-corrected chi connectivity index (χ4v) is 3.18. The van der Waals surface area contributed by atoms with Crippen molar-refractivity contribution in [1.82, 2.24) is 15.1 Å². The van der Waals surface area contributed by atoms with E-state index in [9.17, 15) is 0 Å². The predicted octanol–water partition coefficient (Wildman–Crippen LogP) is 2.93. The molecule has 0 spiro atoms. The second kappa shape index (κ2) is 6.52. The second-order valence-electron chi connectivity index (χ2n) is 4.84. The van der Waals surface area contributed by atoms with Gasteiger partial charge in [-0.1, -0.05) is 41.7 Å². The van der Waals surface area contributed by atoms with Gasteiger partial charge < -0.3 is 4.74 Å². The number of likely N-dealkylation sites (tertiary alicyclic amines) is 1. The summed E-state index contributed by atoms with van der Waals surface area (Å²) in [5.41, 5.74) is 1.34. The van der Waals surface area contributed by atoms with Crippen molar-refractivity contribution in [2.24, 2.45) is 0 Å². The third-order valence-electron chi connectivity index (χ3n) is 3.31. The van der Waals surface area contributed by atoms with Crippen LogP contribution in [-0.2, 0) is 12.4 Å². The van der Waals surface area contributed by atoms with Gasteiger partial charge in [0.25, 0.3) is 5.19 Å². The molecular formula is C14H16ClN3OS. The fourth-order valence-electron chi connectivity index (χ4n) is 2.36. The predicted molar refractivity (Wildman–Crippen MR) is 80.2 cm³/mol. The molecule has 3 rings (SSSR count). The van der Waals surface area contributed by atoms with Crippen LogP contribution in [0.3, 0.4) is 0 Å². The highest BCUT2D eigenvalue weighted by Gasteiger charge is 2.25. The van der Waals surface area contributed by atoms with Crippen molar-refractivity contribution < 1.29 is 4.74 Å². The number of halogens is 1. The first-order valence-corrected chi connectivity index (χ1v) is 8.00. The number of aromatic nitrogens is 2. The summed E-state index contributed by atoms with van der Waals surface area (Å²) in [6.07, 6.45) is 1.23. The number of benzene rings is 1. The summed E-state index contributed by atoms with van der Waals surface area (Å²) in [5, 5.41) is 9.40. The Kier molecular flexibility index (Phi) is 4.50. The zero-order chi connectivity index (χ0) is 13.8. The Hall–Kier alpha value is -1.17. The molecule has 106 valence electrons. The maximum absolute atomic E-state index is 5.87. The van der Waals surface area contributed by atoms with Crippen LogP contribution in [0.5, 0.6) is 5.19 Å². The number of nitrogens with zero attached hydrogens (tertiary/aromatic N) is 3. The van der Waals surface area contributed by atoms with E-state index in [4.69, 9.17) is 16.3 Å². The Balaban J connectivity index is 1.52. The van der Waals surface area contributed by atoms with Crippen molar-refractivity contribution in [1.29, 1.82) is 0 Å². The normalized spacial score (nSPS) is 19.4. The number of hydrogen-bond donors (Lipinski definition) is 0. The van der Waals surface area contributed by atoms with Crippen molar-refractivity contribution in [3.05, 3.63) is 40.9 Å². The lowest BCUT2D eigenvalue weighted by Crippen LogP contribution is -2.24. The number of ether oxygens (including phenoxy) is 1. The van der Waals surface area contributed by atoms with Crippen LogP contribution in [0, 0.1) is 0 Å². The van der Waals surface area contributed by atoms with Crippen LogP contribution in [0.4, 0.5) is 0 Å². The van der Waals surface area contributed by atoms with Crippen LogP contribution in [0.15, 0.2) is 30.3 Å². The van der Waals surface area contributed by atoms with E-state index >= 15 is 0 Å². The standard InChI is InChI=1S/C14H16ClN3OS/c15-8-13-16-17-14(20-13)19-12-6-7-18(10-12)9-11-4-2-1-3-5-11/h1-5,12H,6-10H2. The quantitative estimate of drug-likeness (QED) is 0.796. The van der Waals surface area contributed by atoms with Crippen LogP contribution < -0.4 is 4.74 Å². The summed E-state index contributed by atoms with van der Waals surface area (Å²) in [5.74, 6) is 0.395. The van der Waals surface area contributed by atoms with Crippen LogP contribution in [0.1, 0.15) is 17.0 Å². The summed E-state index contributed by atoms with van der Waals surface area (Å²) in [6, 6.07) is 10.5. The third kappa shape index (κ3) is 3.48. The Morgan fingerprint density at radius 3 is 2.90 bits per heavy atom. The monoisotopic (exact) mass is 309 g/mol. The van der Waals surface area contributed by atoms with Gasteiger partial charge in [0.2, 0.25) is 0 Å². The van der Waals surface area contributed by atoms with E-state index in [1.165, 1.54) is 16.9 Å². The van der Waals surface area contributed by atoms with E-state index in [2.05, 4.69) is 39.4 Å². The smallest absolute Gasteiger partial charge is 0.294 e. The first-order chi connectivity index (χ1) is 9.83. The molecule has 1 saturated heterocycles. The third-order valence-corrected chi connectivity index (χ3v) is 4.53. The highest BCUT2D eigenvalue weighted by atomic mass is 35.5. The minimum Gasteiger partial charge on any atom is -0.464 e. The molecule has 2 aromatic rings. The van der Waals surface area contributed by atoms with Gasteiger partial charge in [-0.2, -0.15) is 0 Å². The van der Waals surface area contributed by atoms with E-state index in [1.54, 1.807) is 0 Å². The molecule has 0 radical (unpaired) electrons. The van der Waals surface area contributed by atoms with Gasteiger partial charge in [-0.3, -0.25) is 4.90 Å². The van der Waals surface area contributed by atoms with Crippen molar-refractivity contribution in [2.45, 2.75) is 24.9 Å². The highest BCUT2D eigenvalue weighted by molar-refractivity contribution is 7.13. The maximum atomic E-state index is 5.87. The summed E-state index contributed by atoms with van der Waals surface area (Å²) >= 11 is 7.14. The topological polar surface area (TPSA) is 38.3 Å². The molecule has 20 heavy (non-hydrogen) atoms. The van der Waals surface area contributed by atoms with E-state index in [1.807, 2.05) is 6.07 Å². The summed E-state index contributed by atoms with van der Waals surface area (Å²) < 4.78 is 5.87. The van der Waals surface area contributed by atoms with Crippen LogP contribution >= 0.6 is 22.9 Å². The lowest BCUT2D eigenvalue weighted by Gasteiger charge is -2.15. The van der Waals surface area contributed by atoms with Gasteiger partial charge in [0, 0.05) is 19.6 Å². The molecule has 1 unspecified atom stereocenters. The lowest BCUT2D eigenvalue weighted by molar-refractivity contribution is 0.196. The van der Waals surface area contributed by atoms with Crippen molar-refractivity contribution in [2.75, 3.05) is 13.1 Å². The summed E-state index contributed by atoms with van der Waals surface area (Å²) in [7, 11) is 0. The fraction of sp³-hybridized carbons (Fsp3) is 0.429. The molecule has 1 aliphatic heterocycles. The van der Waals surface area contributed by atoms with Crippen LogP contribution in [0.2, 0.25) is 0 Å². The van der Waals surface area contributed by atoms with E-state index < -0.39 is 0 Å². The molecule has 1 aromatic heterocycles. The molecule has 1 aromatic carbocycles. The molecule has 0 amide bonds. The molecule has 0 saturated carbocycles. The van der Waals surface area contributed by atoms with Crippen molar-refractivity contribution in [3.8, 4) is 5.19 Å². The molecule has 1 atom stereocenters. The second-order valence-corrected chi connectivity index (χ2v) is 6.14. The Labute approximate surface area is 127 Å². The molecule has 0 N–H and O–H groups in total. The van der Waals surface area contributed by atoms with Gasteiger partial charge in [0.05, 0.1) is 5.88 Å². The van der Waals surface area contributed by atoms with Gasteiger partial charge in [-0.05, 0) is 12.0 Å². The minimum atomic E-state index is 0.204. The average Bonchev–Trinajstić information content (AvgIpc) is 3.10. The molecule has 6 heteroatoms. The Bertz CT molecular complexity index is 548. The van der Waals surface area contributed by atoms with Gasteiger partial charge in [0.15, 0.2) is 0 Å². The van der Waals surface area contributed by atoms with Crippen molar-refractivity contribution in [3.63, 3.8) is 0 Å². The minimum absolute atomic E-state index is 0.204. The Morgan fingerprint density at radius 2 is 2.15 bits per heavy atom. The molecular weight excluding hydrogens is 294 g/mol. The molecule has 2 heterocycles. The van der Waals surface area contributed by atoms with E-state index in [-0.39, 0.29) is 6.10 Å². The van der Waals surface area contributed by atoms with Gasteiger partial charge >= 0.3 is 0 Å². The summed E-state index contributed by atoms with van der Waals surface area (Å²) in [4.78, 5) is 2.41. The molecule has 0 aliphatic carbocycles.